The summed E-state index contributed by atoms with van der Waals surface area (Å²) < 4.78 is 13.7. The lowest BCUT2D eigenvalue weighted by Gasteiger charge is -2.20. The predicted octanol–water partition coefficient (Wildman–Crippen LogP) is 5.37. The van der Waals surface area contributed by atoms with Gasteiger partial charge in [-0.15, -0.1) is 0 Å². The molecule has 0 N–H and O–H groups in total. The van der Waals surface area contributed by atoms with Gasteiger partial charge in [0, 0.05) is 5.69 Å². The summed E-state index contributed by atoms with van der Waals surface area (Å²) in [5.74, 6) is -1.44. The highest BCUT2D eigenvalue weighted by Gasteiger charge is 2.26. The van der Waals surface area contributed by atoms with Crippen LogP contribution >= 0.6 is 24.0 Å². The lowest BCUT2D eigenvalue weighted by Crippen LogP contribution is -2.32. The molecular formula is C28H24N2O5S2. The van der Waals surface area contributed by atoms with Crippen LogP contribution in [0.1, 0.15) is 22.8 Å². The van der Waals surface area contributed by atoms with E-state index in [4.69, 9.17) is 21.7 Å². The van der Waals surface area contributed by atoms with Crippen LogP contribution < -0.4 is 5.56 Å². The van der Waals surface area contributed by atoms with Crippen molar-refractivity contribution in [1.29, 1.82) is 0 Å². The highest BCUT2D eigenvalue weighted by atomic mass is 32.2. The van der Waals surface area contributed by atoms with Crippen molar-refractivity contribution in [3.63, 3.8) is 0 Å². The molecule has 9 heteroatoms. The van der Waals surface area contributed by atoms with Gasteiger partial charge in [0.2, 0.25) is 0 Å². The fourth-order valence-electron chi connectivity index (χ4n) is 3.62. The van der Waals surface area contributed by atoms with E-state index in [1.807, 2.05) is 66.7 Å². The lowest BCUT2D eigenvalue weighted by atomic mass is 10.2. The summed E-state index contributed by atoms with van der Waals surface area (Å²) in [5.41, 5.74) is 1.16. The molecular weight excluding hydrogens is 508 g/mol. The number of hydrogen-bond donors (Lipinski definition) is 0. The number of carbonyl (C=O) groups is 2. The predicted molar refractivity (Wildman–Crippen MR) is 145 cm³/mol. The number of ether oxygens (including phenoxy) is 2. The summed E-state index contributed by atoms with van der Waals surface area (Å²) in [4.78, 5) is 39.5. The minimum Gasteiger partial charge on any atom is -0.462 e. The van der Waals surface area contributed by atoms with Crippen molar-refractivity contribution in [2.24, 2.45) is 0 Å². The highest BCUT2D eigenvalue weighted by Crippen LogP contribution is 2.27. The molecule has 4 aromatic rings. The molecule has 0 spiro atoms. The first-order valence-electron chi connectivity index (χ1n) is 11.5. The van der Waals surface area contributed by atoms with Crippen LogP contribution in [0.3, 0.4) is 0 Å². The van der Waals surface area contributed by atoms with Crippen molar-refractivity contribution < 1.29 is 19.1 Å². The molecule has 0 fully saturated rings. The number of hydrogen-bond acceptors (Lipinski definition) is 7. The topological polar surface area (TPSA) is 79.5 Å². The zero-order valence-corrected chi connectivity index (χ0v) is 21.7. The van der Waals surface area contributed by atoms with E-state index in [2.05, 4.69) is 0 Å². The van der Waals surface area contributed by atoms with Crippen molar-refractivity contribution in [1.82, 2.24) is 9.13 Å². The van der Waals surface area contributed by atoms with E-state index in [9.17, 15) is 14.4 Å². The molecule has 1 heterocycles. The van der Waals surface area contributed by atoms with Crippen molar-refractivity contribution in [2.75, 3.05) is 12.4 Å². The van der Waals surface area contributed by atoms with Crippen molar-refractivity contribution in [3.8, 4) is 11.4 Å². The third-order valence-corrected chi connectivity index (χ3v) is 6.70. The van der Waals surface area contributed by atoms with E-state index in [1.54, 1.807) is 35.8 Å². The quantitative estimate of drug-likeness (QED) is 0.124. The monoisotopic (exact) mass is 532 g/mol. The van der Waals surface area contributed by atoms with Gasteiger partial charge in [-0.25, -0.2) is 4.79 Å². The van der Waals surface area contributed by atoms with Gasteiger partial charge in [-0.05, 0) is 49.0 Å². The average molecular weight is 533 g/mol. The van der Waals surface area contributed by atoms with E-state index in [1.165, 1.54) is 4.57 Å². The van der Waals surface area contributed by atoms with Crippen molar-refractivity contribution >= 4 is 35.9 Å². The number of carbonyl (C=O) groups excluding carboxylic acids is 2. The molecule has 37 heavy (non-hydrogen) atoms. The van der Waals surface area contributed by atoms with E-state index < -0.39 is 17.5 Å². The number of aromatic nitrogens is 2. The molecule has 0 radical (unpaired) electrons. The molecule has 0 unspecified atom stereocenters. The Morgan fingerprint density at radius 2 is 1.35 bits per heavy atom. The molecule has 4 rings (SSSR count). The number of rotatable bonds is 9. The molecule has 3 aromatic carbocycles. The van der Waals surface area contributed by atoms with Gasteiger partial charge in [0.05, 0.1) is 18.0 Å². The van der Waals surface area contributed by atoms with Crippen LogP contribution in [-0.4, -0.2) is 33.4 Å². The Kier molecular flexibility index (Phi) is 8.71. The van der Waals surface area contributed by atoms with Gasteiger partial charge >= 0.3 is 11.9 Å². The first kappa shape index (κ1) is 26.1. The van der Waals surface area contributed by atoms with Gasteiger partial charge in [0.25, 0.3) is 5.56 Å². The maximum absolute atomic E-state index is 13.7. The fraction of sp³-hybridized carbons (Fsp3) is 0.143. The third kappa shape index (κ3) is 6.07. The fourth-order valence-corrected chi connectivity index (χ4v) is 5.04. The van der Waals surface area contributed by atoms with Gasteiger partial charge < -0.3 is 9.47 Å². The lowest BCUT2D eigenvalue weighted by molar-refractivity contribution is -0.141. The standard InChI is InChI=1S/C28H24N2O5S2/c1-2-34-27(33)24-25(32)29(21-14-8-4-9-15-21)28(36)30(22-16-10-5-11-17-22)26(24)37-19-23(31)35-18-20-12-6-3-7-13-20/h3-17H,2,18-19H2,1H3. The molecule has 0 bridgehead atoms. The minimum atomic E-state index is -0.794. The number of esters is 2. The van der Waals surface area contributed by atoms with Crippen molar-refractivity contribution in [3.05, 3.63) is 117 Å². The Balaban J connectivity index is 1.81. The SMILES string of the molecule is CCOC(=O)c1c(SCC(=O)OCc2ccccc2)n(-c2ccccc2)c(=S)n(-c2ccccc2)c1=O. The van der Waals surface area contributed by atoms with Gasteiger partial charge in [-0.3, -0.25) is 18.7 Å². The normalized spacial score (nSPS) is 10.6. The van der Waals surface area contributed by atoms with Crippen molar-refractivity contribution in [2.45, 2.75) is 18.6 Å². The largest absolute Gasteiger partial charge is 0.462 e. The summed E-state index contributed by atoms with van der Waals surface area (Å²) in [6, 6.07) is 27.3. The average Bonchev–Trinajstić information content (AvgIpc) is 2.92. The Labute approximate surface area is 223 Å². The number of nitrogens with zero attached hydrogens (tertiary/aromatic N) is 2. The maximum Gasteiger partial charge on any atom is 0.346 e. The first-order chi connectivity index (χ1) is 18.0. The number of benzene rings is 3. The first-order valence-corrected chi connectivity index (χ1v) is 12.9. The maximum atomic E-state index is 13.7. The molecule has 0 aliphatic rings. The summed E-state index contributed by atoms with van der Waals surface area (Å²) in [5, 5.41) is 0.212. The van der Waals surface area contributed by atoms with Gasteiger partial charge in [0.1, 0.15) is 11.6 Å². The van der Waals surface area contributed by atoms with E-state index in [0.717, 1.165) is 17.3 Å². The second-order valence-corrected chi connectivity index (χ2v) is 9.09. The summed E-state index contributed by atoms with van der Waals surface area (Å²) in [6.45, 7) is 1.85. The molecule has 0 aliphatic carbocycles. The molecule has 0 atom stereocenters. The molecule has 188 valence electrons. The molecule has 0 aliphatic heterocycles. The Morgan fingerprint density at radius 3 is 1.92 bits per heavy atom. The van der Waals surface area contributed by atoms with Crippen LogP contribution in [0.2, 0.25) is 0 Å². The zero-order valence-electron chi connectivity index (χ0n) is 20.0. The second kappa shape index (κ2) is 12.3. The smallest absolute Gasteiger partial charge is 0.346 e. The van der Waals surface area contributed by atoms with Crippen LogP contribution in [-0.2, 0) is 20.9 Å². The van der Waals surface area contributed by atoms with Crippen LogP contribution in [0.5, 0.6) is 0 Å². The Hall–Kier alpha value is -3.95. The Bertz CT molecular complexity index is 1500. The van der Waals surface area contributed by atoms with Crippen LogP contribution in [0.4, 0.5) is 0 Å². The minimum absolute atomic E-state index is 0.0772. The van der Waals surface area contributed by atoms with Gasteiger partial charge in [0.15, 0.2) is 10.3 Å². The highest BCUT2D eigenvalue weighted by molar-refractivity contribution is 8.00. The van der Waals surface area contributed by atoms with Crippen LogP contribution in [0.15, 0.2) is 101 Å². The zero-order chi connectivity index (χ0) is 26.2. The van der Waals surface area contributed by atoms with E-state index >= 15 is 0 Å². The molecule has 0 amide bonds. The second-order valence-electron chi connectivity index (χ2n) is 7.77. The van der Waals surface area contributed by atoms with Gasteiger partial charge in [-0.2, -0.15) is 0 Å². The Morgan fingerprint density at radius 1 is 0.811 bits per heavy atom. The molecule has 0 saturated heterocycles. The van der Waals surface area contributed by atoms with E-state index in [-0.39, 0.29) is 34.3 Å². The summed E-state index contributed by atoms with van der Waals surface area (Å²) in [7, 11) is 0. The van der Waals surface area contributed by atoms with Crippen LogP contribution in [0.25, 0.3) is 11.4 Å². The van der Waals surface area contributed by atoms with E-state index in [0.29, 0.717) is 11.4 Å². The molecule has 7 nitrogen and oxygen atoms in total. The summed E-state index contributed by atoms with van der Waals surface area (Å²) >= 11 is 6.79. The molecule has 0 saturated carbocycles. The third-order valence-electron chi connectivity index (χ3n) is 5.29. The molecule has 1 aromatic heterocycles. The number of para-hydroxylation sites is 2. The van der Waals surface area contributed by atoms with Gasteiger partial charge in [-0.1, -0.05) is 78.5 Å². The summed E-state index contributed by atoms with van der Waals surface area (Å²) in [6.07, 6.45) is 0. The van der Waals surface area contributed by atoms with Crippen LogP contribution in [0, 0.1) is 4.77 Å². The number of thioether (sulfide) groups is 1.